The van der Waals surface area contributed by atoms with E-state index in [-0.39, 0.29) is 24.0 Å². The lowest BCUT2D eigenvalue weighted by molar-refractivity contribution is -0.00000490. The molecule has 0 nitrogen and oxygen atoms in total. The van der Waals surface area contributed by atoms with Crippen LogP contribution in [-0.4, -0.2) is 24.6 Å². The molecule has 136 valence electrons. The molecule has 0 heterocycles. The molecule has 0 saturated carbocycles. The van der Waals surface area contributed by atoms with Crippen LogP contribution in [0.2, 0.25) is 0 Å². The van der Waals surface area contributed by atoms with E-state index in [4.69, 9.17) is 0 Å². The van der Waals surface area contributed by atoms with Gasteiger partial charge in [-0.3, -0.25) is 0 Å². The van der Waals surface area contributed by atoms with E-state index >= 15 is 0 Å². The van der Waals surface area contributed by atoms with Crippen LogP contribution in [0.15, 0.2) is 0 Å². The molecule has 22 heavy (non-hydrogen) atoms. The maximum absolute atomic E-state index is 2.51. The fourth-order valence-corrected chi connectivity index (χ4v) is 7.73. The molecule has 0 amide bonds. The lowest BCUT2D eigenvalue weighted by Crippen LogP contribution is -3.00. The Kier molecular flexibility index (Phi) is 21.4. The molecule has 0 aromatic rings. The highest BCUT2D eigenvalue weighted by atomic mass is 127. The van der Waals surface area contributed by atoms with Gasteiger partial charge in [0.2, 0.25) is 0 Å². The van der Waals surface area contributed by atoms with Crippen molar-refractivity contribution in [3.05, 3.63) is 0 Å². The summed E-state index contributed by atoms with van der Waals surface area (Å²) in [5.41, 5.74) is 0. The molecule has 0 aromatic heterocycles. The molecule has 0 bridgehead atoms. The molecule has 0 spiro atoms. The SMILES string of the molecule is CCCCCC[P+](CC)(CCCCCC)CCCCCC.[I-]. The zero-order chi connectivity index (χ0) is 15.8. The summed E-state index contributed by atoms with van der Waals surface area (Å²) in [7, 11) is -0.598. The first kappa shape index (κ1) is 25.4. The molecule has 0 aliphatic heterocycles. The van der Waals surface area contributed by atoms with Crippen LogP contribution in [0.4, 0.5) is 0 Å². The van der Waals surface area contributed by atoms with Crippen LogP contribution in [0.1, 0.15) is 105 Å². The van der Waals surface area contributed by atoms with E-state index in [1.165, 1.54) is 83.2 Å². The largest absolute Gasteiger partial charge is 1.00 e. The second-order valence-electron chi connectivity index (χ2n) is 7.01. The number of hydrogen-bond acceptors (Lipinski definition) is 0. The van der Waals surface area contributed by atoms with Crippen LogP contribution in [0.25, 0.3) is 0 Å². The van der Waals surface area contributed by atoms with Gasteiger partial charge < -0.3 is 24.0 Å². The molecular weight excluding hydrogens is 398 g/mol. The summed E-state index contributed by atoms with van der Waals surface area (Å²) in [5.74, 6) is 0. The van der Waals surface area contributed by atoms with Crippen molar-refractivity contribution >= 4 is 7.26 Å². The third kappa shape index (κ3) is 13.6. The van der Waals surface area contributed by atoms with Crippen LogP contribution < -0.4 is 24.0 Å². The third-order valence-electron chi connectivity index (χ3n) is 5.13. The van der Waals surface area contributed by atoms with Gasteiger partial charge in [-0.25, -0.2) is 0 Å². The molecule has 2 heteroatoms. The van der Waals surface area contributed by atoms with Gasteiger partial charge in [-0.2, -0.15) is 0 Å². The summed E-state index contributed by atoms with van der Waals surface area (Å²) in [6, 6.07) is 0. The minimum atomic E-state index is -0.598. The van der Waals surface area contributed by atoms with Crippen molar-refractivity contribution in [3.8, 4) is 0 Å². The average molecular weight is 442 g/mol. The Balaban J connectivity index is 0. The van der Waals surface area contributed by atoms with E-state index in [9.17, 15) is 0 Å². The van der Waals surface area contributed by atoms with Gasteiger partial charge in [-0.1, -0.05) is 59.3 Å². The number of unbranched alkanes of at least 4 members (excludes halogenated alkanes) is 9. The third-order valence-corrected chi connectivity index (χ3v) is 10.3. The highest BCUT2D eigenvalue weighted by molar-refractivity contribution is 7.75. The molecule has 0 rings (SSSR count). The summed E-state index contributed by atoms with van der Waals surface area (Å²) in [6.07, 6.45) is 23.9. The Bertz CT molecular complexity index is 175. The Hall–Kier alpha value is 1.16. The van der Waals surface area contributed by atoms with Gasteiger partial charge in [0, 0.05) is 7.26 Å². The normalized spacial score (nSPS) is 11.5. The van der Waals surface area contributed by atoms with Crippen LogP contribution >= 0.6 is 7.26 Å². The molecule has 0 unspecified atom stereocenters. The summed E-state index contributed by atoms with van der Waals surface area (Å²) in [6.45, 7) is 9.50. The average Bonchev–Trinajstić information content (AvgIpc) is 2.51. The van der Waals surface area contributed by atoms with Gasteiger partial charge in [0.05, 0.1) is 24.6 Å². The molecule has 0 atom stereocenters. The van der Waals surface area contributed by atoms with E-state index in [1.54, 1.807) is 18.5 Å². The molecule has 0 radical (unpaired) electrons. The number of halogens is 1. The lowest BCUT2D eigenvalue weighted by Gasteiger charge is -2.27. The van der Waals surface area contributed by atoms with Crippen molar-refractivity contribution < 1.29 is 24.0 Å². The highest BCUT2D eigenvalue weighted by Crippen LogP contribution is 2.60. The summed E-state index contributed by atoms with van der Waals surface area (Å²) >= 11 is 0. The van der Waals surface area contributed by atoms with E-state index in [0.29, 0.717) is 0 Å². The standard InChI is InChI=1S/C20H44P.HI/c1-5-9-12-15-18-21(8-4,19-16-13-10-6-2)20-17-14-11-7-3;/h5-20H2,1-4H3;1H/q+1;/p-1. The van der Waals surface area contributed by atoms with E-state index < -0.39 is 7.26 Å². The fraction of sp³-hybridized carbons (Fsp3) is 1.00. The second-order valence-corrected chi connectivity index (χ2v) is 11.7. The van der Waals surface area contributed by atoms with Gasteiger partial charge in [0.25, 0.3) is 0 Å². The molecule has 0 N–H and O–H groups in total. The Morgan fingerprint density at radius 2 is 0.773 bits per heavy atom. The summed E-state index contributed by atoms with van der Waals surface area (Å²) < 4.78 is 0. The molecule has 0 saturated heterocycles. The Morgan fingerprint density at radius 3 is 1.00 bits per heavy atom. The van der Waals surface area contributed by atoms with Gasteiger partial charge in [0.15, 0.2) is 0 Å². The predicted octanol–water partition coefficient (Wildman–Crippen LogP) is 4.77. The zero-order valence-electron chi connectivity index (χ0n) is 16.1. The first-order valence-electron chi connectivity index (χ1n) is 10.1. The van der Waals surface area contributed by atoms with Crippen LogP contribution in [0.5, 0.6) is 0 Å². The summed E-state index contributed by atoms with van der Waals surface area (Å²) in [4.78, 5) is 0. The van der Waals surface area contributed by atoms with E-state index in [1.807, 2.05) is 0 Å². The van der Waals surface area contributed by atoms with Crippen LogP contribution in [-0.2, 0) is 0 Å². The number of rotatable bonds is 16. The van der Waals surface area contributed by atoms with Crippen molar-refractivity contribution in [1.82, 2.24) is 0 Å². The quantitative estimate of drug-likeness (QED) is 0.184. The van der Waals surface area contributed by atoms with Gasteiger partial charge in [-0.15, -0.1) is 0 Å². The minimum Gasteiger partial charge on any atom is -1.00 e. The Labute approximate surface area is 160 Å². The monoisotopic (exact) mass is 442 g/mol. The van der Waals surface area contributed by atoms with Crippen molar-refractivity contribution in [2.45, 2.75) is 105 Å². The van der Waals surface area contributed by atoms with Gasteiger partial charge in [-0.05, 0) is 45.4 Å². The van der Waals surface area contributed by atoms with Crippen molar-refractivity contribution in [2.24, 2.45) is 0 Å². The Morgan fingerprint density at radius 1 is 0.455 bits per heavy atom. The minimum absolute atomic E-state index is 0. The zero-order valence-corrected chi connectivity index (χ0v) is 19.2. The fourth-order valence-electron chi connectivity index (χ4n) is 3.43. The first-order chi connectivity index (χ1) is 10.2. The van der Waals surface area contributed by atoms with Crippen molar-refractivity contribution in [2.75, 3.05) is 24.6 Å². The first-order valence-corrected chi connectivity index (χ1v) is 12.6. The lowest BCUT2D eigenvalue weighted by atomic mass is 10.2. The number of hydrogen-bond donors (Lipinski definition) is 0. The predicted molar refractivity (Wildman–Crippen MR) is 104 cm³/mol. The van der Waals surface area contributed by atoms with E-state index in [0.717, 1.165) is 0 Å². The molecular formula is C20H44IP. The molecule has 0 aromatic carbocycles. The van der Waals surface area contributed by atoms with Gasteiger partial charge >= 0.3 is 0 Å². The maximum atomic E-state index is 2.51. The molecule has 0 aliphatic rings. The topological polar surface area (TPSA) is 0 Å². The second kappa shape index (κ2) is 18.5. The van der Waals surface area contributed by atoms with Crippen molar-refractivity contribution in [3.63, 3.8) is 0 Å². The molecule has 0 aliphatic carbocycles. The summed E-state index contributed by atoms with van der Waals surface area (Å²) in [5, 5.41) is 0. The van der Waals surface area contributed by atoms with Gasteiger partial charge in [0.1, 0.15) is 0 Å². The van der Waals surface area contributed by atoms with Crippen LogP contribution in [0.3, 0.4) is 0 Å². The van der Waals surface area contributed by atoms with E-state index in [2.05, 4.69) is 27.7 Å². The highest BCUT2D eigenvalue weighted by Gasteiger charge is 2.33. The maximum Gasteiger partial charge on any atom is 0.0594 e. The van der Waals surface area contributed by atoms with Crippen molar-refractivity contribution in [1.29, 1.82) is 0 Å². The molecule has 0 fully saturated rings. The smallest absolute Gasteiger partial charge is 0.0594 e. The van der Waals surface area contributed by atoms with Crippen LogP contribution in [0, 0.1) is 0 Å².